The molecule has 4 rings (SSSR count). The molecule has 132 valence electrons. The van der Waals surface area contributed by atoms with Crippen molar-refractivity contribution in [3.05, 3.63) is 60.7 Å². The first-order valence-corrected chi connectivity index (χ1v) is 8.61. The highest BCUT2D eigenvalue weighted by Gasteiger charge is 2.31. The van der Waals surface area contributed by atoms with Crippen molar-refractivity contribution in [3.63, 3.8) is 0 Å². The Kier molecular flexibility index (Phi) is 4.35. The number of hydrogen-bond acceptors (Lipinski definition) is 5. The molecule has 2 atom stereocenters. The predicted octanol–water partition coefficient (Wildman–Crippen LogP) is 2.30. The third-order valence-corrected chi connectivity index (χ3v) is 4.70. The lowest BCUT2D eigenvalue weighted by Gasteiger charge is -2.19. The molecule has 0 spiro atoms. The number of fused-ring (bicyclic) bond motifs is 1. The van der Waals surface area contributed by atoms with Crippen LogP contribution in [-0.2, 0) is 11.3 Å². The number of anilines is 1. The minimum absolute atomic E-state index is 0.0262. The van der Waals surface area contributed by atoms with Gasteiger partial charge >= 0.3 is 0 Å². The van der Waals surface area contributed by atoms with Crippen LogP contribution in [0.2, 0.25) is 0 Å². The molecule has 2 unspecified atom stereocenters. The van der Waals surface area contributed by atoms with E-state index in [2.05, 4.69) is 37.7 Å². The van der Waals surface area contributed by atoms with E-state index in [1.807, 2.05) is 34.9 Å². The number of rotatable bonds is 5. The van der Waals surface area contributed by atoms with Gasteiger partial charge in [0.15, 0.2) is 11.5 Å². The molecule has 0 saturated carbocycles. The van der Waals surface area contributed by atoms with Gasteiger partial charge in [-0.2, -0.15) is 0 Å². The lowest BCUT2D eigenvalue weighted by molar-refractivity contribution is -0.125. The van der Waals surface area contributed by atoms with Crippen LogP contribution in [0.3, 0.4) is 0 Å². The smallest absolute Gasteiger partial charge is 0.225 e. The summed E-state index contributed by atoms with van der Waals surface area (Å²) in [6, 6.07) is 10.0. The van der Waals surface area contributed by atoms with Crippen LogP contribution in [0.1, 0.15) is 18.0 Å². The number of amides is 1. The maximum Gasteiger partial charge on any atom is 0.225 e. The summed E-state index contributed by atoms with van der Waals surface area (Å²) in [5.74, 6) is 0.572. The zero-order valence-corrected chi connectivity index (χ0v) is 14.5. The van der Waals surface area contributed by atoms with Crippen molar-refractivity contribution < 1.29 is 4.79 Å². The average Bonchev–Trinajstić information content (AvgIpc) is 3.33. The molecule has 1 amide bonds. The highest BCUT2D eigenvalue weighted by atomic mass is 16.1. The third kappa shape index (κ3) is 2.92. The zero-order valence-electron chi connectivity index (χ0n) is 14.5. The Hall–Kier alpha value is -3.22. The first-order valence-electron chi connectivity index (χ1n) is 8.61. The molecule has 1 aromatic carbocycles. The van der Waals surface area contributed by atoms with Crippen molar-refractivity contribution in [2.24, 2.45) is 5.92 Å². The average molecular weight is 348 g/mol. The fourth-order valence-electron chi connectivity index (χ4n) is 3.35. The molecule has 1 aliphatic rings. The Bertz CT molecular complexity index is 949. The summed E-state index contributed by atoms with van der Waals surface area (Å²) < 4.78 is 1.95. The van der Waals surface area contributed by atoms with Gasteiger partial charge in [-0.1, -0.05) is 42.5 Å². The van der Waals surface area contributed by atoms with Crippen LogP contribution in [0.5, 0.6) is 0 Å². The molecule has 7 nitrogen and oxygen atoms in total. The van der Waals surface area contributed by atoms with Crippen molar-refractivity contribution in [1.82, 2.24) is 24.8 Å². The molecule has 2 heterocycles. The Morgan fingerprint density at radius 3 is 2.88 bits per heavy atom. The maximum atomic E-state index is 12.2. The minimum Gasteiger partial charge on any atom is -0.364 e. The molecule has 0 saturated heterocycles. The fourth-order valence-corrected chi connectivity index (χ4v) is 3.35. The second-order valence-corrected chi connectivity index (χ2v) is 6.26. The van der Waals surface area contributed by atoms with Gasteiger partial charge in [0.25, 0.3) is 0 Å². The van der Waals surface area contributed by atoms with E-state index in [0.717, 1.165) is 11.2 Å². The number of aromatic nitrogens is 4. The van der Waals surface area contributed by atoms with Crippen LogP contribution in [0.15, 0.2) is 55.1 Å². The van der Waals surface area contributed by atoms with Crippen LogP contribution < -0.4 is 10.6 Å². The Morgan fingerprint density at radius 2 is 2.08 bits per heavy atom. The molecule has 26 heavy (non-hydrogen) atoms. The molecule has 0 fully saturated rings. The van der Waals surface area contributed by atoms with Gasteiger partial charge in [0.2, 0.25) is 5.91 Å². The summed E-state index contributed by atoms with van der Waals surface area (Å²) in [5, 5.41) is 6.07. The lowest BCUT2D eigenvalue weighted by atomic mass is 10.0. The summed E-state index contributed by atoms with van der Waals surface area (Å²) in [6.07, 6.45) is 8.06. The molecule has 3 aromatic rings. The predicted molar refractivity (Wildman–Crippen MR) is 99.4 cm³/mol. The lowest BCUT2D eigenvalue weighted by Crippen LogP contribution is -2.31. The van der Waals surface area contributed by atoms with E-state index in [1.165, 1.54) is 6.33 Å². The van der Waals surface area contributed by atoms with Gasteiger partial charge in [-0.3, -0.25) is 4.79 Å². The van der Waals surface area contributed by atoms with E-state index in [4.69, 9.17) is 0 Å². The van der Waals surface area contributed by atoms with E-state index in [0.29, 0.717) is 24.3 Å². The van der Waals surface area contributed by atoms with Crippen LogP contribution in [0, 0.1) is 5.92 Å². The van der Waals surface area contributed by atoms with Crippen molar-refractivity contribution in [2.75, 3.05) is 12.4 Å². The van der Waals surface area contributed by atoms with Crippen molar-refractivity contribution >= 4 is 22.9 Å². The van der Waals surface area contributed by atoms with Gasteiger partial charge in [-0.15, -0.1) is 0 Å². The quantitative estimate of drug-likeness (QED) is 0.691. The number of carbonyl (C=O) groups excluding carboxylic acids is 1. The molecule has 7 heteroatoms. The highest BCUT2D eigenvalue weighted by Crippen LogP contribution is 2.32. The first-order chi connectivity index (χ1) is 12.8. The molecule has 0 aliphatic heterocycles. The SMILES string of the molecule is CNC(=O)C1CC=CC1n1cnc2c(NCc3ccccc3)ncnc21. The van der Waals surface area contributed by atoms with Gasteiger partial charge in [0.05, 0.1) is 18.3 Å². The zero-order chi connectivity index (χ0) is 17.9. The van der Waals surface area contributed by atoms with Crippen LogP contribution >= 0.6 is 0 Å². The number of allylic oxidation sites excluding steroid dienone is 2. The number of benzene rings is 1. The van der Waals surface area contributed by atoms with Crippen molar-refractivity contribution in [1.29, 1.82) is 0 Å². The Balaban J connectivity index is 1.63. The van der Waals surface area contributed by atoms with Gasteiger partial charge in [0, 0.05) is 13.6 Å². The van der Waals surface area contributed by atoms with E-state index < -0.39 is 0 Å². The summed E-state index contributed by atoms with van der Waals surface area (Å²) in [5.41, 5.74) is 2.59. The monoisotopic (exact) mass is 348 g/mol. The number of hydrogen-bond donors (Lipinski definition) is 2. The number of carbonyl (C=O) groups is 1. The molecular weight excluding hydrogens is 328 g/mol. The number of nitrogens with zero attached hydrogens (tertiary/aromatic N) is 4. The molecular formula is C19H20N6O. The summed E-state index contributed by atoms with van der Waals surface area (Å²) >= 11 is 0. The fraction of sp³-hybridized carbons (Fsp3) is 0.263. The Morgan fingerprint density at radius 1 is 1.23 bits per heavy atom. The Labute approximate surface area is 151 Å². The van der Waals surface area contributed by atoms with E-state index in [-0.39, 0.29) is 17.9 Å². The third-order valence-electron chi connectivity index (χ3n) is 4.70. The molecule has 0 radical (unpaired) electrons. The van der Waals surface area contributed by atoms with E-state index in [9.17, 15) is 4.79 Å². The minimum atomic E-state index is -0.145. The van der Waals surface area contributed by atoms with E-state index >= 15 is 0 Å². The van der Waals surface area contributed by atoms with Gasteiger partial charge in [-0.25, -0.2) is 15.0 Å². The van der Waals surface area contributed by atoms with Gasteiger partial charge in [-0.05, 0) is 12.0 Å². The topological polar surface area (TPSA) is 84.7 Å². The number of imidazole rings is 1. The molecule has 1 aliphatic carbocycles. The molecule has 0 bridgehead atoms. The summed E-state index contributed by atoms with van der Waals surface area (Å²) in [6.45, 7) is 0.657. The summed E-state index contributed by atoms with van der Waals surface area (Å²) in [4.78, 5) is 25.4. The maximum absolute atomic E-state index is 12.2. The van der Waals surface area contributed by atoms with Crippen LogP contribution in [-0.4, -0.2) is 32.5 Å². The van der Waals surface area contributed by atoms with Crippen LogP contribution in [0.25, 0.3) is 11.2 Å². The highest BCUT2D eigenvalue weighted by molar-refractivity contribution is 5.84. The first kappa shape index (κ1) is 16.3. The molecule has 2 aromatic heterocycles. The second kappa shape index (κ2) is 6.95. The van der Waals surface area contributed by atoms with Gasteiger partial charge < -0.3 is 15.2 Å². The van der Waals surface area contributed by atoms with Crippen LogP contribution in [0.4, 0.5) is 5.82 Å². The van der Waals surface area contributed by atoms with Crippen molar-refractivity contribution in [2.45, 2.75) is 19.0 Å². The summed E-state index contributed by atoms with van der Waals surface area (Å²) in [7, 11) is 1.66. The second-order valence-electron chi connectivity index (χ2n) is 6.26. The molecule has 2 N–H and O–H groups in total. The van der Waals surface area contributed by atoms with E-state index in [1.54, 1.807) is 13.4 Å². The normalized spacial score (nSPS) is 19.0. The van der Waals surface area contributed by atoms with Crippen molar-refractivity contribution in [3.8, 4) is 0 Å². The number of nitrogens with one attached hydrogen (secondary N) is 2. The largest absolute Gasteiger partial charge is 0.364 e. The standard InChI is InChI=1S/C19H20N6O/c1-20-19(26)14-8-5-9-15(14)25-12-24-16-17(22-11-23-18(16)25)21-10-13-6-3-2-4-7-13/h2-7,9,11-12,14-15H,8,10H2,1H3,(H,20,26)(H,21,22,23). The van der Waals surface area contributed by atoms with Gasteiger partial charge in [0.1, 0.15) is 11.8 Å².